The summed E-state index contributed by atoms with van der Waals surface area (Å²) < 4.78 is 6.56. The molecule has 1 N–H and O–H groups in total. The Bertz CT molecular complexity index is 583. The van der Waals surface area contributed by atoms with Gasteiger partial charge in [-0.3, -0.25) is 0 Å². The molecule has 2 rings (SSSR count). The maximum Gasteiger partial charge on any atom is 0.122 e. The molecule has 0 aliphatic carbocycles. The first-order valence-electron chi connectivity index (χ1n) is 6.71. The van der Waals surface area contributed by atoms with E-state index in [1.807, 2.05) is 19.2 Å². The monoisotopic (exact) mass is 333 g/mol. The molecule has 0 aliphatic heterocycles. The summed E-state index contributed by atoms with van der Waals surface area (Å²) in [5.74, 6) is 0.947. The Morgan fingerprint density at radius 2 is 1.95 bits per heavy atom. The Hall–Kier alpha value is -1.32. The molecule has 1 atom stereocenters. The van der Waals surface area contributed by atoms with E-state index < -0.39 is 0 Å². The number of hydrogen-bond donors (Lipinski definition) is 1. The highest BCUT2D eigenvalue weighted by Gasteiger charge is 2.14. The third-order valence-corrected chi connectivity index (χ3v) is 4.07. The fourth-order valence-corrected chi connectivity index (χ4v) is 2.96. The van der Waals surface area contributed by atoms with Crippen LogP contribution in [0.3, 0.4) is 0 Å². The normalized spacial score (nSPS) is 12.2. The zero-order valence-corrected chi connectivity index (χ0v) is 13.7. The minimum atomic E-state index is 0.277. The fraction of sp³-hybridized carbons (Fsp3) is 0.294. The smallest absolute Gasteiger partial charge is 0.122 e. The zero-order chi connectivity index (χ0) is 14.5. The summed E-state index contributed by atoms with van der Waals surface area (Å²) in [4.78, 5) is 0. The van der Waals surface area contributed by atoms with Crippen LogP contribution in [0, 0.1) is 6.92 Å². The standard InChI is InChI=1S/C17H20BrNO/c1-12-10-14(18)8-9-15(12)16(19-2)11-13-6-4-5-7-17(13)20-3/h4-10,16,19H,11H2,1-3H3. The predicted octanol–water partition coefficient (Wildman–Crippen LogP) is 4.27. The van der Waals surface area contributed by atoms with E-state index in [9.17, 15) is 0 Å². The van der Waals surface area contributed by atoms with Crippen LogP contribution in [0.4, 0.5) is 0 Å². The summed E-state index contributed by atoms with van der Waals surface area (Å²) in [6, 6.07) is 14.9. The molecule has 0 amide bonds. The summed E-state index contributed by atoms with van der Waals surface area (Å²) in [6.45, 7) is 2.15. The fourth-order valence-electron chi connectivity index (χ4n) is 2.49. The Morgan fingerprint density at radius 3 is 2.60 bits per heavy atom. The van der Waals surface area contributed by atoms with Gasteiger partial charge in [-0.15, -0.1) is 0 Å². The van der Waals surface area contributed by atoms with Gasteiger partial charge in [0.25, 0.3) is 0 Å². The van der Waals surface area contributed by atoms with E-state index in [0.29, 0.717) is 0 Å². The van der Waals surface area contributed by atoms with Crippen molar-refractivity contribution in [1.29, 1.82) is 0 Å². The first kappa shape index (κ1) is 15.1. The van der Waals surface area contributed by atoms with Crippen molar-refractivity contribution in [3.05, 3.63) is 63.6 Å². The van der Waals surface area contributed by atoms with Crippen molar-refractivity contribution in [1.82, 2.24) is 5.32 Å². The first-order valence-corrected chi connectivity index (χ1v) is 7.50. The molecule has 0 spiro atoms. The average Bonchev–Trinajstić information content (AvgIpc) is 2.46. The molecule has 0 saturated heterocycles. The van der Waals surface area contributed by atoms with Gasteiger partial charge in [-0.2, -0.15) is 0 Å². The molecule has 0 aromatic heterocycles. The molecular weight excluding hydrogens is 314 g/mol. The van der Waals surface area contributed by atoms with E-state index in [2.05, 4.69) is 58.5 Å². The summed E-state index contributed by atoms with van der Waals surface area (Å²) >= 11 is 3.52. The van der Waals surface area contributed by atoms with E-state index in [1.54, 1.807) is 7.11 Å². The van der Waals surface area contributed by atoms with Gasteiger partial charge >= 0.3 is 0 Å². The first-order chi connectivity index (χ1) is 9.65. The van der Waals surface area contributed by atoms with Crippen LogP contribution in [0.5, 0.6) is 5.75 Å². The van der Waals surface area contributed by atoms with Crippen molar-refractivity contribution in [3.63, 3.8) is 0 Å². The molecule has 1 unspecified atom stereocenters. The molecular formula is C17H20BrNO. The molecule has 3 heteroatoms. The van der Waals surface area contributed by atoms with E-state index in [1.165, 1.54) is 16.7 Å². The molecule has 0 aliphatic rings. The third kappa shape index (κ3) is 3.41. The van der Waals surface area contributed by atoms with Crippen LogP contribution in [0.1, 0.15) is 22.7 Å². The highest BCUT2D eigenvalue weighted by Crippen LogP contribution is 2.27. The summed E-state index contributed by atoms with van der Waals surface area (Å²) in [7, 11) is 3.72. The topological polar surface area (TPSA) is 21.3 Å². The van der Waals surface area contributed by atoms with Crippen molar-refractivity contribution < 1.29 is 4.74 Å². The maximum absolute atomic E-state index is 5.44. The third-order valence-electron chi connectivity index (χ3n) is 3.57. The number of aryl methyl sites for hydroxylation is 1. The van der Waals surface area contributed by atoms with Gasteiger partial charge < -0.3 is 10.1 Å². The lowest BCUT2D eigenvalue weighted by molar-refractivity contribution is 0.406. The Labute approximate surface area is 129 Å². The molecule has 2 aromatic rings. The van der Waals surface area contributed by atoms with Gasteiger partial charge in [0.2, 0.25) is 0 Å². The summed E-state index contributed by atoms with van der Waals surface area (Å²) in [5, 5.41) is 3.41. The van der Waals surface area contributed by atoms with Crippen LogP contribution in [0.15, 0.2) is 46.9 Å². The second kappa shape index (κ2) is 6.91. The maximum atomic E-state index is 5.44. The molecule has 20 heavy (non-hydrogen) atoms. The van der Waals surface area contributed by atoms with Crippen LogP contribution < -0.4 is 10.1 Å². The lowest BCUT2D eigenvalue weighted by Gasteiger charge is -2.20. The van der Waals surface area contributed by atoms with Crippen LogP contribution in [0.2, 0.25) is 0 Å². The van der Waals surface area contributed by atoms with Crippen molar-refractivity contribution >= 4 is 15.9 Å². The van der Waals surface area contributed by atoms with E-state index >= 15 is 0 Å². The molecule has 0 radical (unpaired) electrons. The van der Waals surface area contributed by atoms with Gasteiger partial charge in [0.15, 0.2) is 0 Å². The summed E-state index contributed by atoms with van der Waals surface area (Å²) in [6.07, 6.45) is 0.906. The Morgan fingerprint density at radius 1 is 1.20 bits per heavy atom. The van der Waals surface area contributed by atoms with Gasteiger partial charge in [0, 0.05) is 10.5 Å². The highest BCUT2D eigenvalue weighted by molar-refractivity contribution is 9.10. The average molecular weight is 334 g/mol. The van der Waals surface area contributed by atoms with Crippen LogP contribution >= 0.6 is 15.9 Å². The number of halogens is 1. The molecule has 0 heterocycles. The number of methoxy groups -OCH3 is 1. The second-order valence-electron chi connectivity index (χ2n) is 4.86. The largest absolute Gasteiger partial charge is 0.496 e. The van der Waals surface area contributed by atoms with Crippen LogP contribution in [-0.2, 0) is 6.42 Å². The summed E-state index contributed by atoms with van der Waals surface area (Å²) in [5.41, 5.74) is 3.83. The number of ether oxygens (including phenoxy) is 1. The van der Waals surface area contributed by atoms with Gasteiger partial charge in [0.1, 0.15) is 5.75 Å². The quantitative estimate of drug-likeness (QED) is 0.882. The molecule has 2 nitrogen and oxygen atoms in total. The van der Waals surface area contributed by atoms with Gasteiger partial charge in [0.05, 0.1) is 7.11 Å². The number of likely N-dealkylation sites (N-methyl/N-ethyl adjacent to an activating group) is 1. The molecule has 106 valence electrons. The number of nitrogens with one attached hydrogen (secondary N) is 1. The van der Waals surface area contributed by atoms with Crippen molar-refractivity contribution in [2.75, 3.05) is 14.2 Å². The van der Waals surface area contributed by atoms with Crippen molar-refractivity contribution in [3.8, 4) is 5.75 Å². The number of benzene rings is 2. The van der Waals surface area contributed by atoms with E-state index in [0.717, 1.165) is 16.6 Å². The van der Waals surface area contributed by atoms with Crippen LogP contribution in [-0.4, -0.2) is 14.2 Å². The second-order valence-corrected chi connectivity index (χ2v) is 5.77. The van der Waals surface area contributed by atoms with Gasteiger partial charge in [-0.25, -0.2) is 0 Å². The Balaban J connectivity index is 2.29. The molecule has 2 aromatic carbocycles. The molecule has 0 saturated carbocycles. The number of rotatable bonds is 5. The number of para-hydroxylation sites is 1. The Kier molecular flexibility index (Phi) is 5.21. The minimum absolute atomic E-state index is 0.277. The molecule has 0 fully saturated rings. The minimum Gasteiger partial charge on any atom is -0.496 e. The van der Waals surface area contributed by atoms with E-state index in [4.69, 9.17) is 4.74 Å². The highest BCUT2D eigenvalue weighted by atomic mass is 79.9. The number of hydrogen-bond acceptors (Lipinski definition) is 2. The van der Waals surface area contributed by atoms with Crippen LogP contribution in [0.25, 0.3) is 0 Å². The van der Waals surface area contributed by atoms with Crippen molar-refractivity contribution in [2.24, 2.45) is 0 Å². The van der Waals surface area contributed by atoms with Gasteiger partial charge in [-0.1, -0.05) is 40.2 Å². The lowest BCUT2D eigenvalue weighted by atomic mass is 9.95. The van der Waals surface area contributed by atoms with Gasteiger partial charge in [-0.05, 0) is 55.3 Å². The zero-order valence-electron chi connectivity index (χ0n) is 12.1. The lowest BCUT2D eigenvalue weighted by Crippen LogP contribution is -2.20. The van der Waals surface area contributed by atoms with Crippen molar-refractivity contribution in [2.45, 2.75) is 19.4 Å². The van der Waals surface area contributed by atoms with E-state index in [-0.39, 0.29) is 6.04 Å². The SMILES string of the molecule is CNC(Cc1ccccc1OC)c1ccc(Br)cc1C. The molecule has 0 bridgehead atoms. The predicted molar refractivity (Wildman–Crippen MR) is 87.4 cm³/mol.